The lowest BCUT2D eigenvalue weighted by Crippen LogP contribution is -2.13. The zero-order chi connectivity index (χ0) is 10.7. The van der Waals surface area contributed by atoms with Gasteiger partial charge >= 0.3 is 0 Å². The minimum Gasteiger partial charge on any atom is -0.0651 e. The first-order valence-corrected chi connectivity index (χ1v) is 6.60. The molecule has 4 atom stereocenters. The third-order valence-electron chi connectivity index (χ3n) is 4.37. The van der Waals surface area contributed by atoms with Gasteiger partial charge in [0.05, 0.1) is 0 Å². The molecule has 0 saturated heterocycles. The van der Waals surface area contributed by atoms with E-state index in [1.165, 1.54) is 25.7 Å². The van der Waals surface area contributed by atoms with Crippen LogP contribution in [0.15, 0.2) is 0 Å². The van der Waals surface area contributed by atoms with E-state index in [2.05, 4.69) is 34.6 Å². The molecule has 0 aromatic rings. The molecule has 0 aromatic carbocycles. The summed E-state index contributed by atoms with van der Waals surface area (Å²) in [7, 11) is 0. The van der Waals surface area contributed by atoms with E-state index in [0.717, 1.165) is 29.6 Å². The monoisotopic (exact) mass is 196 g/mol. The summed E-state index contributed by atoms with van der Waals surface area (Å²) in [6, 6.07) is 0. The molecule has 0 N–H and O–H groups in total. The van der Waals surface area contributed by atoms with Crippen molar-refractivity contribution in [2.24, 2.45) is 29.6 Å². The maximum absolute atomic E-state index is 2.48. The lowest BCUT2D eigenvalue weighted by molar-refractivity contribution is 0.276. The van der Waals surface area contributed by atoms with Crippen molar-refractivity contribution >= 4 is 0 Å². The SMILES string of the molecule is CCC(CC(C)C1CC1CC)C(C)C. The molecule has 0 bridgehead atoms. The molecule has 1 aliphatic carbocycles. The second-order valence-electron chi connectivity index (χ2n) is 5.69. The molecule has 0 spiro atoms. The van der Waals surface area contributed by atoms with Crippen LogP contribution in [0, 0.1) is 29.6 Å². The average molecular weight is 196 g/mol. The number of hydrogen-bond acceptors (Lipinski definition) is 0. The quantitative estimate of drug-likeness (QED) is 0.575. The van der Waals surface area contributed by atoms with Crippen molar-refractivity contribution in [3.63, 3.8) is 0 Å². The van der Waals surface area contributed by atoms with E-state index in [9.17, 15) is 0 Å². The minimum atomic E-state index is 0.876. The van der Waals surface area contributed by atoms with Gasteiger partial charge in [-0.2, -0.15) is 0 Å². The van der Waals surface area contributed by atoms with Crippen LogP contribution in [0.1, 0.15) is 60.3 Å². The van der Waals surface area contributed by atoms with Crippen molar-refractivity contribution in [3.05, 3.63) is 0 Å². The molecule has 0 aromatic heterocycles. The van der Waals surface area contributed by atoms with Gasteiger partial charge in [0.15, 0.2) is 0 Å². The van der Waals surface area contributed by atoms with Gasteiger partial charge in [-0.15, -0.1) is 0 Å². The molecule has 84 valence electrons. The summed E-state index contributed by atoms with van der Waals surface area (Å²) in [4.78, 5) is 0. The summed E-state index contributed by atoms with van der Waals surface area (Å²) < 4.78 is 0. The fourth-order valence-electron chi connectivity index (χ4n) is 3.00. The van der Waals surface area contributed by atoms with Crippen LogP contribution in [0.25, 0.3) is 0 Å². The van der Waals surface area contributed by atoms with Crippen LogP contribution < -0.4 is 0 Å². The van der Waals surface area contributed by atoms with Crippen molar-refractivity contribution in [2.45, 2.75) is 60.3 Å². The lowest BCUT2D eigenvalue weighted by atomic mass is 9.83. The van der Waals surface area contributed by atoms with Crippen LogP contribution >= 0.6 is 0 Å². The topological polar surface area (TPSA) is 0 Å². The molecule has 1 rings (SSSR count). The van der Waals surface area contributed by atoms with Gasteiger partial charge in [0.25, 0.3) is 0 Å². The summed E-state index contributed by atoms with van der Waals surface area (Å²) in [6.07, 6.45) is 5.76. The Hall–Kier alpha value is 0. The van der Waals surface area contributed by atoms with E-state index in [1.54, 1.807) is 0 Å². The van der Waals surface area contributed by atoms with Gasteiger partial charge in [0, 0.05) is 0 Å². The highest BCUT2D eigenvalue weighted by Crippen LogP contribution is 2.48. The zero-order valence-corrected chi connectivity index (χ0v) is 10.7. The van der Waals surface area contributed by atoms with Gasteiger partial charge < -0.3 is 0 Å². The molecule has 1 fully saturated rings. The highest BCUT2D eigenvalue weighted by Gasteiger charge is 2.39. The molecule has 0 heteroatoms. The Morgan fingerprint density at radius 2 is 1.79 bits per heavy atom. The fraction of sp³-hybridized carbons (Fsp3) is 1.00. The summed E-state index contributed by atoms with van der Waals surface area (Å²) >= 11 is 0. The molecule has 1 saturated carbocycles. The van der Waals surface area contributed by atoms with E-state index >= 15 is 0 Å². The predicted molar refractivity (Wildman–Crippen MR) is 64.3 cm³/mol. The summed E-state index contributed by atoms with van der Waals surface area (Å²) in [6.45, 7) is 11.9. The normalized spacial score (nSPS) is 30.4. The number of hydrogen-bond donors (Lipinski definition) is 0. The van der Waals surface area contributed by atoms with Gasteiger partial charge in [-0.1, -0.05) is 47.5 Å². The maximum Gasteiger partial charge on any atom is -0.0357 e. The molecule has 4 unspecified atom stereocenters. The first-order valence-electron chi connectivity index (χ1n) is 6.60. The second kappa shape index (κ2) is 5.19. The number of rotatable bonds is 6. The molecule has 0 aliphatic heterocycles. The summed E-state index contributed by atoms with van der Waals surface area (Å²) in [5.74, 6) is 4.97. The Balaban J connectivity index is 2.29. The van der Waals surface area contributed by atoms with Crippen LogP contribution in [0.2, 0.25) is 0 Å². The maximum atomic E-state index is 2.48. The van der Waals surface area contributed by atoms with Gasteiger partial charge in [0.1, 0.15) is 0 Å². The lowest BCUT2D eigenvalue weighted by Gasteiger charge is -2.23. The molecule has 0 nitrogen and oxygen atoms in total. The van der Waals surface area contributed by atoms with Gasteiger partial charge in [-0.3, -0.25) is 0 Å². The molecular weight excluding hydrogens is 168 g/mol. The molecule has 14 heavy (non-hydrogen) atoms. The van der Waals surface area contributed by atoms with Crippen molar-refractivity contribution in [2.75, 3.05) is 0 Å². The van der Waals surface area contributed by atoms with Gasteiger partial charge in [-0.05, 0) is 42.4 Å². The van der Waals surface area contributed by atoms with Crippen LogP contribution in [0.4, 0.5) is 0 Å². The van der Waals surface area contributed by atoms with Gasteiger partial charge in [0.2, 0.25) is 0 Å². The predicted octanol–water partition coefficient (Wildman–Crippen LogP) is 4.74. The summed E-state index contributed by atoms with van der Waals surface area (Å²) in [5, 5.41) is 0. The zero-order valence-electron chi connectivity index (χ0n) is 10.7. The van der Waals surface area contributed by atoms with Crippen molar-refractivity contribution in [3.8, 4) is 0 Å². The molecule has 1 aliphatic rings. The molecule has 0 amide bonds. The van der Waals surface area contributed by atoms with E-state index in [-0.39, 0.29) is 0 Å². The smallest absolute Gasteiger partial charge is 0.0357 e. The first kappa shape index (κ1) is 12.1. The third kappa shape index (κ3) is 3.00. The third-order valence-corrected chi connectivity index (χ3v) is 4.37. The molecule has 0 radical (unpaired) electrons. The summed E-state index contributed by atoms with van der Waals surface area (Å²) in [5.41, 5.74) is 0. The standard InChI is InChI=1S/C14H28/c1-6-12(10(3)4)8-11(5)14-9-13(14)7-2/h10-14H,6-9H2,1-5H3. The van der Waals surface area contributed by atoms with Crippen LogP contribution in [0.5, 0.6) is 0 Å². The molecule has 0 heterocycles. The average Bonchev–Trinajstić information content (AvgIpc) is 2.92. The van der Waals surface area contributed by atoms with Crippen molar-refractivity contribution in [1.29, 1.82) is 0 Å². The van der Waals surface area contributed by atoms with Gasteiger partial charge in [-0.25, -0.2) is 0 Å². The first-order chi connectivity index (χ1) is 6.60. The van der Waals surface area contributed by atoms with E-state index in [1.807, 2.05) is 0 Å². The molecular formula is C14H28. The Morgan fingerprint density at radius 1 is 1.14 bits per heavy atom. The Kier molecular flexibility index (Phi) is 4.47. The highest BCUT2D eigenvalue weighted by molar-refractivity contribution is 4.89. The second-order valence-corrected chi connectivity index (χ2v) is 5.69. The van der Waals surface area contributed by atoms with Crippen LogP contribution in [-0.2, 0) is 0 Å². The van der Waals surface area contributed by atoms with E-state index < -0.39 is 0 Å². The fourth-order valence-corrected chi connectivity index (χ4v) is 3.00. The van der Waals surface area contributed by atoms with Crippen molar-refractivity contribution in [1.82, 2.24) is 0 Å². The largest absolute Gasteiger partial charge is 0.0651 e. The van der Waals surface area contributed by atoms with E-state index in [0.29, 0.717) is 0 Å². The van der Waals surface area contributed by atoms with Crippen LogP contribution in [-0.4, -0.2) is 0 Å². The Bertz CT molecular complexity index is 159. The minimum absolute atomic E-state index is 0.876. The van der Waals surface area contributed by atoms with Crippen LogP contribution in [0.3, 0.4) is 0 Å². The van der Waals surface area contributed by atoms with Crippen molar-refractivity contribution < 1.29 is 0 Å². The Labute approximate surface area is 90.5 Å². The highest BCUT2D eigenvalue weighted by atomic mass is 14.4. The van der Waals surface area contributed by atoms with E-state index in [4.69, 9.17) is 0 Å². The Morgan fingerprint density at radius 3 is 2.14 bits per heavy atom.